The molecule has 2 saturated heterocycles. The normalized spacial score (nSPS) is 25.9. The Morgan fingerprint density at radius 3 is 2.83 bits per heavy atom. The van der Waals surface area contributed by atoms with Crippen LogP contribution in [0.1, 0.15) is 18.9 Å². The summed E-state index contributed by atoms with van der Waals surface area (Å²) in [5.41, 5.74) is 0.470. The quantitative estimate of drug-likeness (QED) is 0.852. The van der Waals surface area contributed by atoms with Gasteiger partial charge in [0.05, 0.1) is 12.0 Å². The van der Waals surface area contributed by atoms with Crippen molar-refractivity contribution in [3.05, 3.63) is 35.9 Å². The molecule has 2 aliphatic heterocycles. The second-order valence-corrected chi connectivity index (χ2v) is 6.44. The van der Waals surface area contributed by atoms with Crippen LogP contribution in [-0.2, 0) is 20.9 Å². The minimum atomic E-state index is -0.494. The lowest BCUT2D eigenvalue weighted by Gasteiger charge is -2.41. The Kier molecular flexibility index (Phi) is 5.04. The second kappa shape index (κ2) is 7.21. The highest BCUT2D eigenvalue weighted by Crippen LogP contribution is 2.40. The van der Waals surface area contributed by atoms with Gasteiger partial charge in [-0.3, -0.25) is 4.79 Å². The molecule has 24 heavy (non-hydrogen) atoms. The Hall–Kier alpha value is -2.08. The average Bonchev–Trinajstić information content (AvgIpc) is 3.05. The summed E-state index contributed by atoms with van der Waals surface area (Å²) in [6.45, 7) is 4.87. The van der Waals surface area contributed by atoms with E-state index < -0.39 is 5.41 Å². The van der Waals surface area contributed by atoms with Crippen LogP contribution in [-0.4, -0.2) is 49.7 Å². The van der Waals surface area contributed by atoms with Gasteiger partial charge in [0, 0.05) is 32.1 Å². The number of fused-ring (bicyclic) bond motifs is 1. The molecular weight excluding hydrogens is 308 g/mol. The maximum Gasteiger partial charge on any atom is 0.410 e. The van der Waals surface area contributed by atoms with Gasteiger partial charge in [-0.05, 0) is 18.9 Å². The lowest BCUT2D eigenvalue weighted by atomic mass is 9.72. The highest BCUT2D eigenvalue weighted by Gasteiger charge is 2.53. The number of rotatable bonds is 4. The van der Waals surface area contributed by atoms with Crippen molar-refractivity contribution in [3.63, 3.8) is 0 Å². The lowest BCUT2D eigenvalue weighted by molar-refractivity contribution is -0.159. The van der Waals surface area contributed by atoms with Crippen LogP contribution >= 0.6 is 0 Å². The number of carbonyl (C=O) groups is 2. The molecule has 2 aliphatic rings. The number of hydrogen-bond acceptors (Lipinski definition) is 5. The summed E-state index contributed by atoms with van der Waals surface area (Å²) in [4.78, 5) is 26.4. The maximum absolute atomic E-state index is 12.4. The number of carbonyl (C=O) groups excluding carboxylic acids is 2. The molecule has 2 atom stereocenters. The van der Waals surface area contributed by atoms with E-state index >= 15 is 0 Å². The average molecular weight is 332 g/mol. The molecule has 1 aromatic carbocycles. The molecule has 1 unspecified atom stereocenters. The molecule has 1 N–H and O–H groups in total. The zero-order chi connectivity index (χ0) is 17.0. The van der Waals surface area contributed by atoms with Gasteiger partial charge in [-0.15, -0.1) is 0 Å². The van der Waals surface area contributed by atoms with Gasteiger partial charge in [0.2, 0.25) is 0 Å². The molecule has 2 fully saturated rings. The van der Waals surface area contributed by atoms with E-state index in [9.17, 15) is 9.59 Å². The summed E-state index contributed by atoms with van der Waals surface area (Å²) in [6, 6.07) is 9.62. The number of esters is 1. The van der Waals surface area contributed by atoms with Crippen LogP contribution in [0.25, 0.3) is 0 Å². The third-order valence-corrected chi connectivity index (χ3v) is 5.03. The van der Waals surface area contributed by atoms with Gasteiger partial charge >= 0.3 is 12.1 Å². The first-order valence-electron chi connectivity index (χ1n) is 8.49. The van der Waals surface area contributed by atoms with Crippen molar-refractivity contribution in [2.75, 3.05) is 32.8 Å². The van der Waals surface area contributed by atoms with Crippen LogP contribution < -0.4 is 5.32 Å². The Morgan fingerprint density at radius 2 is 2.08 bits per heavy atom. The predicted octanol–water partition coefficient (Wildman–Crippen LogP) is 1.80. The molecular formula is C18H24N2O4. The van der Waals surface area contributed by atoms with Crippen molar-refractivity contribution in [1.29, 1.82) is 0 Å². The molecule has 1 aromatic rings. The van der Waals surface area contributed by atoms with Crippen molar-refractivity contribution in [2.24, 2.45) is 11.3 Å². The van der Waals surface area contributed by atoms with E-state index in [1.807, 2.05) is 37.3 Å². The molecule has 0 radical (unpaired) electrons. The number of nitrogens with one attached hydrogen (secondary N) is 1. The molecule has 0 spiro atoms. The second-order valence-electron chi connectivity index (χ2n) is 6.44. The maximum atomic E-state index is 12.4. The summed E-state index contributed by atoms with van der Waals surface area (Å²) >= 11 is 0. The Balaban J connectivity index is 1.58. The standard InChI is InChI=1S/C18H24N2O4/c1-2-23-16(21)18-8-9-20(11-15(18)10-19-13-18)17(22)24-12-14-6-4-3-5-7-14/h3-7,15,19H,2,8-13H2,1H3/t15?,18-/m0/s1. The molecule has 0 aromatic heterocycles. The smallest absolute Gasteiger partial charge is 0.410 e. The number of amides is 1. The molecule has 130 valence electrons. The lowest BCUT2D eigenvalue weighted by Crippen LogP contribution is -2.53. The van der Waals surface area contributed by atoms with Crippen molar-refractivity contribution in [2.45, 2.75) is 20.0 Å². The third-order valence-electron chi connectivity index (χ3n) is 5.03. The van der Waals surface area contributed by atoms with E-state index in [1.165, 1.54) is 0 Å². The van der Waals surface area contributed by atoms with Crippen LogP contribution in [0.2, 0.25) is 0 Å². The van der Waals surface area contributed by atoms with Gasteiger partial charge in [0.25, 0.3) is 0 Å². The monoisotopic (exact) mass is 332 g/mol. The van der Waals surface area contributed by atoms with Crippen LogP contribution in [0.3, 0.4) is 0 Å². The van der Waals surface area contributed by atoms with E-state index in [-0.39, 0.29) is 24.6 Å². The van der Waals surface area contributed by atoms with Gasteiger partial charge in [-0.25, -0.2) is 4.79 Å². The predicted molar refractivity (Wildman–Crippen MR) is 88.2 cm³/mol. The molecule has 6 nitrogen and oxygen atoms in total. The topological polar surface area (TPSA) is 67.9 Å². The Morgan fingerprint density at radius 1 is 1.29 bits per heavy atom. The fourth-order valence-corrected chi connectivity index (χ4v) is 3.62. The Bertz CT molecular complexity index is 592. The summed E-state index contributed by atoms with van der Waals surface area (Å²) in [7, 11) is 0. The van der Waals surface area contributed by atoms with Crippen LogP contribution in [0.15, 0.2) is 30.3 Å². The highest BCUT2D eigenvalue weighted by atomic mass is 16.6. The van der Waals surface area contributed by atoms with E-state index in [4.69, 9.17) is 9.47 Å². The molecule has 0 aliphatic carbocycles. The largest absolute Gasteiger partial charge is 0.466 e. The number of benzene rings is 1. The summed E-state index contributed by atoms with van der Waals surface area (Å²) in [6.07, 6.45) is 0.299. The first-order chi connectivity index (χ1) is 11.7. The number of likely N-dealkylation sites (tertiary alicyclic amines) is 1. The summed E-state index contributed by atoms with van der Waals surface area (Å²) < 4.78 is 10.7. The zero-order valence-corrected chi connectivity index (χ0v) is 14.0. The molecule has 1 amide bonds. The molecule has 2 heterocycles. The molecule has 6 heteroatoms. The van der Waals surface area contributed by atoms with Gasteiger partial charge in [0.1, 0.15) is 6.61 Å². The number of hydrogen-bond donors (Lipinski definition) is 1. The van der Waals surface area contributed by atoms with Gasteiger partial charge in [-0.1, -0.05) is 30.3 Å². The molecule has 3 rings (SSSR count). The van der Waals surface area contributed by atoms with Crippen molar-refractivity contribution < 1.29 is 19.1 Å². The van der Waals surface area contributed by atoms with Crippen LogP contribution in [0.5, 0.6) is 0 Å². The van der Waals surface area contributed by atoms with Crippen LogP contribution in [0.4, 0.5) is 4.79 Å². The SMILES string of the molecule is CCOC(=O)[C@]12CCN(C(=O)OCc3ccccc3)CC1CNC2. The molecule has 0 saturated carbocycles. The van der Waals surface area contributed by atoms with Crippen molar-refractivity contribution >= 4 is 12.1 Å². The van der Waals surface area contributed by atoms with Crippen molar-refractivity contribution in [1.82, 2.24) is 10.2 Å². The Labute approximate surface area is 142 Å². The van der Waals surface area contributed by atoms with E-state index in [0.717, 1.165) is 12.1 Å². The van der Waals surface area contributed by atoms with Crippen LogP contribution in [0, 0.1) is 11.3 Å². The third kappa shape index (κ3) is 3.24. The summed E-state index contributed by atoms with van der Waals surface area (Å²) in [5.74, 6) is -0.0631. The minimum absolute atomic E-state index is 0.0783. The minimum Gasteiger partial charge on any atom is -0.466 e. The number of ether oxygens (including phenoxy) is 2. The van der Waals surface area contributed by atoms with Gasteiger partial charge in [0.15, 0.2) is 0 Å². The first kappa shape index (κ1) is 16.8. The van der Waals surface area contributed by atoms with Crippen molar-refractivity contribution in [3.8, 4) is 0 Å². The van der Waals surface area contributed by atoms with Gasteiger partial charge < -0.3 is 19.7 Å². The fourth-order valence-electron chi connectivity index (χ4n) is 3.62. The highest BCUT2D eigenvalue weighted by molar-refractivity contribution is 5.79. The summed E-state index contributed by atoms with van der Waals surface area (Å²) in [5, 5.41) is 3.28. The number of nitrogens with zero attached hydrogens (tertiary/aromatic N) is 1. The molecule has 0 bridgehead atoms. The van der Waals surface area contributed by atoms with E-state index in [0.29, 0.717) is 32.7 Å². The van der Waals surface area contributed by atoms with E-state index in [1.54, 1.807) is 4.90 Å². The van der Waals surface area contributed by atoms with E-state index in [2.05, 4.69) is 5.32 Å². The first-order valence-corrected chi connectivity index (χ1v) is 8.49. The number of piperidine rings is 1. The fraction of sp³-hybridized carbons (Fsp3) is 0.556. The zero-order valence-electron chi connectivity index (χ0n) is 14.0. The van der Waals surface area contributed by atoms with Gasteiger partial charge in [-0.2, -0.15) is 0 Å².